The summed E-state index contributed by atoms with van der Waals surface area (Å²) in [4.78, 5) is 13.4. The van der Waals surface area contributed by atoms with E-state index in [0.717, 1.165) is 0 Å². The van der Waals surface area contributed by atoms with Crippen molar-refractivity contribution in [2.75, 3.05) is 18.1 Å². The molecule has 5 heteroatoms. The first kappa shape index (κ1) is 13.0. The van der Waals surface area contributed by atoms with E-state index in [2.05, 4.69) is 5.92 Å². The number of terminal acetylenes is 1. The minimum absolute atomic E-state index is 0.0488. The molecule has 0 saturated carbocycles. The highest BCUT2D eigenvalue weighted by atomic mass is 32.2. The molecule has 0 aromatic heterocycles. The van der Waals surface area contributed by atoms with Crippen molar-refractivity contribution in [3.8, 4) is 12.3 Å². The molecule has 0 bridgehead atoms. The summed E-state index contributed by atoms with van der Waals surface area (Å²) in [5.74, 6) is 2.40. The van der Waals surface area contributed by atoms with Crippen LogP contribution in [-0.2, 0) is 14.6 Å². The summed E-state index contributed by atoms with van der Waals surface area (Å²) in [6.45, 7) is 3.77. The van der Waals surface area contributed by atoms with E-state index in [1.165, 1.54) is 4.90 Å². The van der Waals surface area contributed by atoms with Crippen LogP contribution in [0.25, 0.3) is 0 Å². The Kier molecular flexibility index (Phi) is 3.98. The maximum atomic E-state index is 11.9. The summed E-state index contributed by atoms with van der Waals surface area (Å²) in [6, 6.07) is -0.240. The Hall–Kier alpha value is -1.02. The number of sulfone groups is 1. The SMILES string of the molecule is C#CCN(C(=O)C(C)C)C1CCS(=O)(=O)C1. The average Bonchev–Trinajstić information content (AvgIpc) is 2.54. The van der Waals surface area contributed by atoms with Crippen LogP contribution in [-0.4, -0.2) is 43.3 Å². The second-order valence-electron chi connectivity index (χ2n) is 4.38. The lowest BCUT2D eigenvalue weighted by atomic mass is 10.1. The summed E-state index contributed by atoms with van der Waals surface area (Å²) in [5, 5.41) is 0. The number of carbonyl (C=O) groups is 1. The molecule has 0 radical (unpaired) electrons. The fourth-order valence-electron chi connectivity index (χ4n) is 1.84. The van der Waals surface area contributed by atoms with Gasteiger partial charge in [0.15, 0.2) is 9.84 Å². The van der Waals surface area contributed by atoms with Gasteiger partial charge in [0.05, 0.1) is 18.1 Å². The van der Waals surface area contributed by atoms with Crippen molar-refractivity contribution in [1.29, 1.82) is 0 Å². The molecular weight excluding hydrogens is 226 g/mol. The van der Waals surface area contributed by atoms with Gasteiger partial charge in [0.25, 0.3) is 0 Å². The van der Waals surface area contributed by atoms with Crippen LogP contribution in [0, 0.1) is 18.3 Å². The molecule has 1 rings (SSSR count). The number of nitrogens with zero attached hydrogens (tertiary/aromatic N) is 1. The van der Waals surface area contributed by atoms with Crippen molar-refractivity contribution in [3.63, 3.8) is 0 Å². The molecule has 0 aromatic rings. The van der Waals surface area contributed by atoms with Crippen molar-refractivity contribution >= 4 is 15.7 Å². The molecule has 1 unspecified atom stereocenters. The van der Waals surface area contributed by atoms with Crippen LogP contribution in [0.2, 0.25) is 0 Å². The van der Waals surface area contributed by atoms with Gasteiger partial charge in [-0.25, -0.2) is 8.42 Å². The van der Waals surface area contributed by atoms with E-state index >= 15 is 0 Å². The van der Waals surface area contributed by atoms with Gasteiger partial charge in [-0.2, -0.15) is 0 Å². The van der Waals surface area contributed by atoms with Crippen LogP contribution in [0.4, 0.5) is 0 Å². The molecule has 1 aliphatic rings. The average molecular weight is 243 g/mol. The molecule has 0 aliphatic carbocycles. The summed E-state index contributed by atoms with van der Waals surface area (Å²) in [6.07, 6.45) is 5.71. The quantitative estimate of drug-likeness (QED) is 0.670. The first-order valence-electron chi connectivity index (χ1n) is 5.31. The summed E-state index contributed by atoms with van der Waals surface area (Å²) in [5.41, 5.74) is 0. The van der Waals surface area contributed by atoms with E-state index in [4.69, 9.17) is 6.42 Å². The minimum Gasteiger partial charge on any atom is -0.327 e. The highest BCUT2D eigenvalue weighted by Gasteiger charge is 2.34. The fraction of sp³-hybridized carbons (Fsp3) is 0.727. The van der Waals surface area contributed by atoms with E-state index in [1.54, 1.807) is 13.8 Å². The van der Waals surface area contributed by atoms with Crippen LogP contribution in [0.1, 0.15) is 20.3 Å². The maximum absolute atomic E-state index is 11.9. The van der Waals surface area contributed by atoms with Crippen LogP contribution < -0.4 is 0 Å². The molecule has 0 N–H and O–H groups in total. The number of carbonyl (C=O) groups excluding carboxylic acids is 1. The third kappa shape index (κ3) is 2.99. The Bertz CT molecular complexity index is 405. The maximum Gasteiger partial charge on any atom is 0.226 e. The smallest absolute Gasteiger partial charge is 0.226 e. The van der Waals surface area contributed by atoms with Crippen LogP contribution in [0.5, 0.6) is 0 Å². The molecule has 0 spiro atoms. The molecule has 1 fully saturated rings. The van der Waals surface area contributed by atoms with E-state index < -0.39 is 9.84 Å². The highest BCUT2D eigenvalue weighted by Crippen LogP contribution is 2.19. The Labute approximate surface area is 96.9 Å². The normalized spacial score (nSPS) is 23.0. The molecule has 1 amide bonds. The standard InChI is InChI=1S/C11H17NO3S/c1-4-6-12(11(13)9(2)3)10-5-7-16(14,15)8-10/h1,9-10H,5-8H2,2-3H3. The van der Waals surface area contributed by atoms with Gasteiger partial charge in [-0.05, 0) is 6.42 Å². The molecule has 1 atom stereocenters. The van der Waals surface area contributed by atoms with Gasteiger partial charge in [0.2, 0.25) is 5.91 Å². The zero-order valence-corrected chi connectivity index (χ0v) is 10.5. The van der Waals surface area contributed by atoms with Gasteiger partial charge in [-0.15, -0.1) is 6.42 Å². The molecule has 1 saturated heterocycles. The third-order valence-corrected chi connectivity index (χ3v) is 4.44. The molecular formula is C11H17NO3S. The third-order valence-electron chi connectivity index (χ3n) is 2.69. The number of hydrogen-bond acceptors (Lipinski definition) is 3. The van der Waals surface area contributed by atoms with Crippen LogP contribution >= 0.6 is 0 Å². The van der Waals surface area contributed by atoms with Crippen molar-refractivity contribution in [2.24, 2.45) is 5.92 Å². The van der Waals surface area contributed by atoms with Crippen LogP contribution in [0.3, 0.4) is 0 Å². The minimum atomic E-state index is -2.98. The van der Waals surface area contributed by atoms with Gasteiger partial charge in [0, 0.05) is 12.0 Å². The van der Waals surface area contributed by atoms with E-state index in [1.807, 2.05) is 0 Å². The predicted octanol–water partition coefficient (Wildman–Crippen LogP) is 0.291. The topological polar surface area (TPSA) is 54.5 Å². The molecule has 90 valence electrons. The number of hydrogen-bond donors (Lipinski definition) is 0. The van der Waals surface area contributed by atoms with Gasteiger partial charge in [0.1, 0.15) is 0 Å². The first-order chi connectivity index (χ1) is 7.37. The van der Waals surface area contributed by atoms with Gasteiger partial charge in [-0.1, -0.05) is 19.8 Å². The highest BCUT2D eigenvalue weighted by molar-refractivity contribution is 7.91. The lowest BCUT2D eigenvalue weighted by molar-refractivity contribution is -0.135. The predicted molar refractivity (Wildman–Crippen MR) is 62.4 cm³/mol. The first-order valence-corrected chi connectivity index (χ1v) is 7.14. The Morgan fingerprint density at radius 1 is 1.56 bits per heavy atom. The van der Waals surface area contributed by atoms with E-state index in [-0.39, 0.29) is 35.9 Å². The zero-order valence-electron chi connectivity index (χ0n) is 9.64. The Morgan fingerprint density at radius 3 is 2.56 bits per heavy atom. The lowest BCUT2D eigenvalue weighted by Crippen LogP contribution is -2.43. The monoisotopic (exact) mass is 243 g/mol. The second-order valence-corrected chi connectivity index (χ2v) is 6.61. The van der Waals surface area contributed by atoms with E-state index in [0.29, 0.717) is 6.42 Å². The van der Waals surface area contributed by atoms with E-state index in [9.17, 15) is 13.2 Å². The molecule has 1 heterocycles. The Balaban J connectivity index is 2.80. The zero-order chi connectivity index (χ0) is 12.3. The molecule has 1 aliphatic heterocycles. The lowest BCUT2D eigenvalue weighted by Gasteiger charge is -2.27. The number of amides is 1. The fourth-order valence-corrected chi connectivity index (χ4v) is 3.57. The van der Waals surface area contributed by atoms with Gasteiger partial charge >= 0.3 is 0 Å². The largest absolute Gasteiger partial charge is 0.327 e. The molecule has 0 aromatic carbocycles. The van der Waals surface area contributed by atoms with Crippen molar-refractivity contribution in [3.05, 3.63) is 0 Å². The van der Waals surface area contributed by atoms with Gasteiger partial charge in [-0.3, -0.25) is 4.79 Å². The summed E-state index contributed by atoms with van der Waals surface area (Å²) in [7, 11) is -2.98. The Morgan fingerprint density at radius 2 is 2.19 bits per heavy atom. The summed E-state index contributed by atoms with van der Waals surface area (Å²) >= 11 is 0. The van der Waals surface area contributed by atoms with Gasteiger partial charge < -0.3 is 4.90 Å². The van der Waals surface area contributed by atoms with Crippen molar-refractivity contribution < 1.29 is 13.2 Å². The van der Waals surface area contributed by atoms with Crippen LogP contribution in [0.15, 0.2) is 0 Å². The van der Waals surface area contributed by atoms with Crippen molar-refractivity contribution in [2.45, 2.75) is 26.3 Å². The second kappa shape index (κ2) is 4.88. The molecule has 4 nitrogen and oxygen atoms in total. The summed E-state index contributed by atoms with van der Waals surface area (Å²) < 4.78 is 22.7. The number of rotatable bonds is 3. The van der Waals surface area contributed by atoms with Crippen molar-refractivity contribution in [1.82, 2.24) is 4.90 Å². The molecule has 16 heavy (non-hydrogen) atoms.